The van der Waals surface area contributed by atoms with Crippen molar-refractivity contribution in [3.8, 4) is 17.2 Å². The number of ether oxygens (including phenoxy) is 4. The van der Waals surface area contributed by atoms with Gasteiger partial charge in [0.2, 0.25) is 11.8 Å². The van der Waals surface area contributed by atoms with Gasteiger partial charge < -0.3 is 34.9 Å². The minimum Gasteiger partial charge on any atom is -0.497 e. The third kappa shape index (κ3) is 7.54. The van der Waals surface area contributed by atoms with Gasteiger partial charge >= 0.3 is 6.09 Å². The third-order valence-corrected chi connectivity index (χ3v) is 10.2. The second-order valence-electron chi connectivity index (χ2n) is 11.2. The van der Waals surface area contributed by atoms with E-state index >= 15 is 0 Å². The topological polar surface area (TPSA) is 176 Å². The van der Waals surface area contributed by atoms with Gasteiger partial charge in [-0.25, -0.2) is 13.2 Å². The van der Waals surface area contributed by atoms with Crippen LogP contribution in [0.1, 0.15) is 60.3 Å². The Labute approximate surface area is 274 Å². The van der Waals surface area contributed by atoms with E-state index in [-0.39, 0.29) is 16.4 Å². The fourth-order valence-electron chi connectivity index (χ4n) is 5.52. The van der Waals surface area contributed by atoms with Crippen molar-refractivity contribution in [3.63, 3.8) is 0 Å². The lowest BCUT2D eigenvalue weighted by Gasteiger charge is -2.32. The first-order valence-electron chi connectivity index (χ1n) is 14.8. The third-order valence-electron chi connectivity index (χ3n) is 7.99. The number of nitrogens with two attached hydrogens (primary N) is 1. The number of nitrogens with one attached hydrogen (secondary N) is 2. The van der Waals surface area contributed by atoms with Crippen molar-refractivity contribution in [2.45, 2.75) is 48.9 Å². The Morgan fingerprint density at radius 3 is 2.23 bits per heavy atom. The molecule has 2 atom stereocenters. The summed E-state index contributed by atoms with van der Waals surface area (Å²) in [5.41, 5.74) is 7.33. The van der Waals surface area contributed by atoms with Gasteiger partial charge in [-0.2, -0.15) is 0 Å². The smallest absolute Gasteiger partial charge is 0.411 e. The minimum absolute atomic E-state index is 0.0714. The molecule has 14 heteroatoms. The first-order chi connectivity index (χ1) is 22.3. The molecular formula is C33H40N4O9S. The fraction of sp³-hybridized carbons (Fsp3) is 0.364. The van der Waals surface area contributed by atoms with Crippen LogP contribution in [0, 0.1) is 0 Å². The Hall–Kier alpha value is -4.98. The highest BCUT2D eigenvalue weighted by molar-refractivity contribution is 7.92. The number of nitrogens with zero attached hydrogens (tertiary/aromatic N) is 1. The molecule has 1 unspecified atom stereocenters. The monoisotopic (exact) mass is 668 g/mol. The zero-order valence-electron chi connectivity index (χ0n) is 27.2. The molecule has 1 saturated heterocycles. The van der Waals surface area contributed by atoms with Crippen LogP contribution in [0.4, 0.5) is 16.2 Å². The lowest BCUT2D eigenvalue weighted by atomic mass is 10.00. The van der Waals surface area contributed by atoms with E-state index in [9.17, 15) is 22.8 Å². The Morgan fingerprint density at radius 2 is 1.62 bits per heavy atom. The Morgan fingerprint density at radius 1 is 0.894 bits per heavy atom. The molecule has 0 aliphatic carbocycles. The number of primary amides is 1. The molecule has 3 amide bonds. The molecule has 3 aromatic carbocycles. The molecule has 4 N–H and O–H groups in total. The number of hydrogen-bond donors (Lipinski definition) is 3. The number of hydrogen-bond acceptors (Lipinski definition) is 10. The average molecular weight is 669 g/mol. The van der Waals surface area contributed by atoms with Gasteiger partial charge in [-0.1, -0.05) is 6.07 Å². The summed E-state index contributed by atoms with van der Waals surface area (Å²) in [6.45, 7) is 3.50. The molecule has 0 saturated carbocycles. The Balaban J connectivity index is 1.85. The van der Waals surface area contributed by atoms with Gasteiger partial charge in [-0.15, -0.1) is 0 Å². The van der Waals surface area contributed by atoms with Crippen molar-refractivity contribution < 1.29 is 41.7 Å². The van der Waals surface area contributed by atoms with Crippen LogP contribution in [0.2, 0.25) is 0 Å². The molecule has 0 bridgehead atoms. The Bertz CT molecular complexity index is 1760. The SMILES string of the molecule is COC(=O)Nc1ccc(S(=O)(=O)C(C)C)c(C2CCCN2C(=O)[C@@H](Nc2cc(OC)cc(C(N)=O)c2)c2ccc(OC)c(OC)c2)c1. The first-order valence-corrected chi connectivity index (χ1v) is 16.4. The van der Waals surface area contributed by atoms with Crippen molar-refractivity contribution in [1.82, 2.24) is 4.90 Å². The fourth-order valence-corrected chi connectivity index (χ4v) is 6.81. The maximum atomic E-state index is 14.7. The number of benzene rings is 3. The molecule has 0 aromatic heterocycles. The predicted molar refractivity (Wildman–Crippen MR) is 176 cm³/mol. The number of amides is 3. The van der Waals surface area contributed by atoms with E-state index in [0.717, 1.165) is 0 Å². The average Bonchev–Trinajstić information content (AvgIpc) is 3.56. The van der Waals surface area contributed by atoms with Gasteiger partial charge in [0.05, 0.1) is 44.6 Å². The van der Waals surface area contributed by atoms with Crippen LogP contribution >= 0.6 is 0 Å². The molecule has 47 heavy (non-hydrogen) atoms. The normalized spacial score (nSPS) is 15.1. The van der Waals surface area contributed by atoms with Gasteiger partial charge in [-0.3, -0.25) is 14.9 Å². The highest BCUT2D eigenvalue weighted by Gasteiger charge is 2.38. The van der Waals surface area contributed by atoms with Gasteiger partial charge in [0.1, 0.15) is 11.8 Å². The zero-order chi connectivity index (χ0) is 34.5. The number of carbonyl (C=O) groups excluding carboxylic acids is 3. The van der Waals surface area contributed by atoms with Crippen molar-refractivity contribution in [2.75, 3.05) is 45.6 Å². The molecule has 1 fully saturated rings. The summed E-state index contributed by atoms with van der Waals surface area (Å²) in [7, 11) is 1.86. The van der Waals surface area contributed by atoms with Crippen LogP contribution in [0.5, 0.6) is 17.2 Å². The number of rotatable bonds is 12. The number of methoxy groups -OCH3 is 4. The predicted octanol–water partition coefficient (Wildman–Crippen LogP) is 4.69. The second-order valence-corrected chi connectivity index (χ2v) is 13.6. The molecule has 0 spiro atoms. The molecule has 3 aromatic rings. The number of likely N-dealkylation sites (tertiary alicyclic amines) is 1. The molecular weight excluding hydrogens is 628 g/mol. The maximum absolute atomic E-state index is 14.7. The molecule has 252 valence electrons. The van der Waals surface area contributed by atoms with Crippen LogP contribution in [-0.4, -0.2) is 71.5 Å². The number of carbonyl (C=O) groups is 3. The summed E-state index contributed by atoms with van der Waals surface area (Å²) in [6, 6.07) is 12.5. The zero-order valence-corrected chi connectivity index (χ0v) is 28.0. The molecule has 1 aliphatic rings. The highest BCUT2D eigenvalue weighted by Crippen LogP contribution is 2.41. The van der Waals surface area contributed by atoms with Crippen LogP contribution in [0.25, 0.3) is 0 Å². The number of anilines is 2. The van der Waals surface area contributed by atoms with Crippen LogP contribution in [0.3, 0.4) is 0 Å². The maximum Gasteiger partial charge on any atom is 0.411 e. The lowest BCUT2D eigenvalue weighted by molar-refractivity contribution is -0.133. The van der Waals surface area contributed by atoms with Crippen molar-refractivity contribution in [1.29, 1.82) is 0 Å². The van der Waals surface area contributed by atoms with E-state index in [0.29, 0.717) is 59.1 Å². The highest BCUT2D eigenvalue weighted by atomic mass is 32.2. The molecule has 4 rings (SSSR count). The van der Waals surface area contributed by atoms with Crippen LogP contribution in [-0.2, 0) is 19.4 Å². The minimum atomic E-state index is -3.79. The van der Waals surface area contributed by atoms with E-state index < -0.39 is 39.2 Å². The quantitative estimate of drug-likeness (QED) is 0.246. The van der Waals surface area contributed by atoms with Crippen LogP contribution < -0.4 is 30.6 Å². The molecule has 0 radical (unpaired) electrons. The van der Waals surface area contributed by atoms with E-state index in [1.54, 1.807) is 49.1 Å². The van der Waals surface area contributed by atoms with Gasteiger partial charge in [-0.05, 0) is 80.3 Å². The van der Waals surface area contributed by atoms with Crippen molar-refractivity contribution in [2.24, 2.45) is 5.73 Å². The molecule has 1 heterocycles. The Kier molecular flexibility index (Phi) is 10.9. The van der Waals surface area contributed by atoms with Gasteiger partial charge in [0.15, 0.2) is 21.3 Å². The van der Waals surface area contributed by atoms with Crippen molar-refractivity contribution >= 4 is 39.1 Å². The lowest BCUT2D eigenvalue weighted by Crippen LogP contribution is -2.38. The van der Waals surface area contributed by atoms with E-state index in [1.807, 2.05) is 0 Å². The van der Waals surface area contributed by atoms with Crippen molar-refractivity contribution in [3.05, 3.63) is 71.3 Å². The largest absolute Gasteiger partial charge is 0.497 e. The summed E-state index contributed by atoms with van der Waals surface area (Å²) >= 11 is 0. The number of sulfone groups is 1. The second kappa shape index (κ2) is 14.6. The molecule has 13 nitrogen and oxygen atoms in total. The summed E-state index contributed by atoms with van der Waals surface area (Å²) in [4.78, 5) is 40.5. The molecule has 1 aliphatic heterocycles. The summed E-state index contributed by atoms with van der Waals surface area (Å²) in [5.74, 6) is 0.136. The van der Waals surface area contributed by atoms with E-state index in [1.165, 1.54) is 52.7 Å². The van der Waals surface area contributed by atoms with E-state index in [2.05, 4.69) is 10.6 Å². The van der Waals surface area contributed by atoms with E-state index in [4.69, 9.17) is 24.7 Å². The van der Waals surface area contributed by atoms with Crippen LogP contribution in [0.15, 0.2) is 59.5 Å². The summed E-state index contributed by atoms with van der Waals surface area (Å²) < 4.78 is 48.1. The van der Waals surface area contributed by atoms with Gasteiger partial charge in [0, 0.05) is 29.5 Å². The summed E-state index contributed by atoms with van der Waals surface area (Å²) in [6.07, 6.45) is 0.342. The standard InChI is InChI=1S/C33H40N4O9S/c1-19(2)47(41,42)29-12-10-22(36-33(40)46-6)18-25(29)26-8-7-13-37(26)32(39)30(20-9-11-27(44-4)28(16-20)45-5)35-23-14-21(31(34)38)15-24(17-23)43-3/h9-12,14-19,26,30,35H,7-8,13H2,1-6H3,(H2,34,38)(H,36,40)/t26?,30-/m0/s1. The first kappa shape index (κ1) is 34.9. The summed E-state index contributed by atoms with van der Waals surface area (Å²) in [5, 5.41) is 5.10. The van der Waals surface area contributed by atoms with Gasteiger partial charge in [0.25, 0.3) is 0 Å².